The predicted octanol–water partition coefficient (Wildman–Crippen LogP) is 0.135. The van der Waals surface area contributed by atoms with Gasteiger partial charge in [-0.1, -0.05) is 18.2 Å². The van der Waals surface area contributed by atoms with E-state index in [0.29, 0.717) is 6.10 Å². The first-order valence-corrected chi connectivity index (χ1v) is 4.79. The van der Waals surface area contributed by atoms with Crippen LogP contribution in [0.4, 0.5) is 0 Å². The van der Waals surface area contributed by atoms with Gasteiger partial charge in [-0.25, -0.2) is 0 Å². The highest BCUT2D eigenvalue weighted by molar-refractivity contribution is 5.37. The zero-order chi connectivity index (χ0) is 9.26. The molecule has 1 aromatic rings. The van der Waals surface area contributed by atoms with Crippen molar-refractivity contribution in [3.63, 3.8) is 0 Å². The van der Waals surface area contributed by atoms with Gasteiger partial charge < -0.3 is 9.64 Å². The third-order valence-corrected chi connectivity index (χ3v) is 2.35. The van der Waals surface area contributed by atoms with Gasteiger partial charge in [-0.05, 0) is 11.6 Å². The first kappa shape index (κ1) is 8.57. The lowest BCUT2D eigenvalue weighted by Crippen LogP contribution is -3.07. The van der Waals surface area contributed by atoms with E-state index in [9.17, 15) is 0 Å². The molecule has 0 bridgehead atoms. The van der Waals surface area contributed by atoms with Crippen molar-refractivity contribution in [1.82, 2.24) is 0 Å². The van der Waals surface area contributed by atoms with Gasteiger partial charge in [0.2, 0.25) is 0 Å². The quantitative estimate of drug-likeness (QED) is 0.680. The van der Waals surface area contributed by atoms with Crippen LogP contribution in [0.25, 0.3) is 0 Å². The van der Waals surface area contributed by atoms with Crippen LogP contribution in [0.3, 0.4) is 0 Å². The maximum atomic E-state index is 5.80. The first-order chi connectivity index (χ1) is 6.25. The van der Waals surface area contributed by atoms with Crippen molar-refractivity contribution < 1.29 is 9.64 Å². The SMILES string of the molecule is C[NH+](C)C[C@@H]1Cc2ccccc2O1. The predicted molar refractivity (Wildman–Crippen MR) is 52.2 cm³/mol. The van der Waals surface area contributed by atoms with E-state index in [1.165, 1.54) is 10.5 Å². The van der Waals surface area contributed by atoms with Crippen LogP contribution in [0.1, 0.15) is 5.56 Å². The zero-order valence-corrected chi connectivity index (χ0v) is 8.21. The average molecular weight is 178 g/mol. The van der Waals surface area contributed by atoms with E-state index in [0.717, 1.165) is 18.7 Å². The standard InChI is InChI=1S/C11H15NO/c1-12(2)8-10-7-9-5-3-4-6-11(9)13-10/h3-6,10H,7-8H2,1-2H3/p+1/t10-/m0/s1. The van der Waals surface area contributed by atoms with Crippen molar-refractivity contribution in [2.45, 2.75) is 12.5 Å². The van der Waals surface area contributed by atoms with Crippen LogP contribution >= 0.6 is 0 Å². The fourth-order valence-electron chi connectivity index (χ4n) is 1.82. The Labute approximate surface area is 79.1 Å². The highest BCUT2D eigenvalue weighted by atomic mass is 16.5. The number of quaternary nitrogens is 1. The van der Waals surface area contributed by atoms with Crippen LogP contribution in [0.2, 0.25) is 0 Å². The Morgan fingerprint density at radius 2 is 2.15 bits per heavy atom. The van der Waals surface area contributed by atoms with Gasteiger partial charge in [0.15, 0.2) is 6.10 Å². The van der Waals surface area contributed by atoms with Crippen molar-refractivity contribution >= 4 is 0 Å². The Morgan fingerprint density at radius 3 is 2.85 bits per heavy atom. The third kappa shape index (κ3) is 1.83. The molecule has 0 saturated heterocycles. The largest absolute Gasteiger partial charge is 0.484 e. The minimum atomic E-state index is 0.377. The topological polar surface area (TPSA) is 13.7 Å². The van der Waals surface area contributed by atoms with Crippen LogP contribution in [0.15, 0.2) is 24.3 Å². The fraction of sp³-hybridized carbons (Fsp3) is 0.455. The van der Waals surface area contributed by atoms with Gasteiger partial charge in [0.1, 0.15) is 12.3 Å². The molecule has 0 radical (unpaired) electrons. The Hall–Kier alpha value is -1.02. The maximum absolute atomic E-state index is 5.80. The maximum Gasteiger partial charge on any atom is 0.151 e. The molecule has 1 atom stereocenters. The van der Waals surface area contributed by atoms with E-state index in [1.54, 1.807) is 0 Å². The molecule has 2 nitrogen and oxygen atoms in total. The Kier molecular flexibility index (Phi) is 2.23. The van der Waals surface area contributed by atoms with Gasteiger partial charge in [0.25, 0.3) is 0 Å². The lowest BCUT2D eigenvalue weighted by atomic mass is 10.1. The molecule has 2 rings (SSSR count). The first-order valence-electron chi connectivity index (χ1n) is 4.79. The second kappa shape index (κ2) is 3.38. The summed E-state index contributed by atoms with van der Waals surface area (Å²) in [6, 6.07) is 8.32. The molecule has 0 amide bonds. The van der Waals surface area contributed by atoms with Gasteiger partial charge >= 0.3 is 0 Å². The molecule has 2 heteroatoms. The van der Waals surface area contributed by atoms with E-state index >= 15 is 0 Å². The number of hydrogen-bond donors (Lipinski definition) is 1. The van der Waals surface area contributed by atoms with Gasteiger partial charge in [-0.15, -0.1) is 0 Å². The Balaban J connectivity index is 2.05. The highest BCUT2D eigenvalue weighted by Gasteiger charge is 2.23. The van der Waals surface area contributed by atoms with Gasteiger partial charge in [0.05, 0.1) is 14.1 Å². The highest BCUT2D eigenvalue weighted by Crippen LogP contribution is 2.27. The molecular weight excluding hydrogens is 162 g/mol. The van der Waals surface area contributed by atoms with Crippen LogP contribution < -0.4 is 9.64 Å². The minimum absolute atomic E-state index is 0.377. The summed E-state index contributed by atoms with van der Waals surface area (Å²) in [6.07, 6.45) is 1.45. The van der Waals surface area contributed by atoms with Crippen molar-refractivity contribution in [1.29, 1.82) is 0 Å². The van der Waals surface area contributed by atoms with E-state index in [-0.39, 0.29) is 0 Å². The van der Waals surface area contributed by atoms with Crippen molar-refractivity contribution in [2.75, 3.05) is 20.6 Å². The number of hydrogen-bond acceptors (Lipinski definition) is 1. The van der Waals surface area contributed by atoms with Gasteiger partial charge in [0, 0.05) is 6.42 Å². The molecule has 70 valence electrons. The second-order valence-electron chi connectivity index (χ2n) is 3.96. The summed E-state index contributed by atoms with van der Waals surface area (Å²) in [5.74, 6) is 1.08. The number of para-hydroxylation sites is 1. The molecular formula is C11H16NO+. The summed E-state index contributed by atoms with van der Waals surface area (Å²) in [6.45, 7) is 1.08. The summed E-state index contributed by atoms with van der Waals surface area (Å²) in [4.78, 5) is 1.44. The second-order valence-corrected chi connectivity index (χ2v) is 3.96. The molecule has 0 aromatic heterocycles. The number of ether oxygens (including phenoxy) is 1. The van der Waals surface area contributed by atoms with Gasteiger partial charge in [-0.3, -0.25) is 0 Å². The fourth-order valence-corrected chi connectivity index (χ4v) is 1.82. The van der Waals surface area contributed by atoms with Crippen molar-refractivity contribution in [3.8, 4) is 5.75 Å². The smallest absolute Gasteiger partial charge is 0.151 e. The number of rotatable bonds is 2. The molecule has 13 heavy (non-hydrogen) atoms. The molecule has 1 heterocycles. The summed E-state index contributed by atoms with van der Waals surface area (Å²) in [7, 11) is 4.32. The van der Waals surface area contributed by atoms with E-state index in [4.69, 9.17) is 4.74 Å². The van der Waals surface area contributed by atoms with Crippen LogP contribution in [-0.4, -0.2) is 26.7 Å². The number of nitrogens with one attached hydrogen (secondary N) is 1. The third-order valence-electron chi connectivity index (χ3n) is 2.35. The minimum Gasteiger partial charge on any atom is -0.484 e. The molecule has 0 spiro atoms. The molecule has 1 aliphatic rings. The molecule has 0 aliphatic carbocycles. The Morgan fingerprint density at radius 1 is 1.38 bits per heavy atom. The normalized spacial score (nSPS) is 20.1. The lowest BCUT2D eigenvalue weighted by Gasteiger charge is -2.13. The summed E-state index contributed by atoms with van der Waals surface area (Å²) >= 11 is 0. The van der Waals surface area contributed by atoms with Gasteiger partial charge in [-0.2, -0.15) is 0 Å². The molecule has 0 unspecified atom stereocenters. The summed E-state index contributed by atoms with van der Waals surface area (Å²) in [5.41, 5.74) is 1.36. The molecule has 0 fully saturated rings. The molecule has 1 aliphatic heterocycles. The van der Waals surface area contributed by atoms with E-state index < -0.39 is 0 Å². The van der Waals surface area contributed by atoms with E-state index in [2.05, 4.69) is 32.3 Å². The molecule has 1 aromatic carbocycles. The van der Waals surface area contributed by atoms with Crippen LogP contribution in [-0.2, 0) is 6.42 Å². The summed E-state index contributed by atoms with van der Waals surface area (Å²) < 4.78 is 5.80. The van der Waals surface area contributed by atoms with Crippen molar-refractivity contribution in [3.05, 3.63) is 29.8 Å². The van der Waals surface area contributed by atoms with Crippen LogP contribution in [0, 0.1) is 0 Å². The zero-order valence-electron chi connectivity index (χ0n) is 8.21. The molecule has 0 saturated carbocycles. The Bertz CT molecular complexity index is 271. The number of fused-ring (bicyclic) bond motifs is 1. The van der Waals surface area contributed by atoms with E-state index in [1.807, 2.05) is 6.07 Å². The summed E-state index contributed by atoms with van der Waals surface area (Å²) in [5, 5.41) is 0. The number of likely N-dealkylation sites (N-methyl/N-ethyl adjacent to an activating group) is 1. The monoisotopic (exact) mass is 178 g/mol. The lowest BCUT2D eigenvalue weighted by molar-refractivity contribution is -0.861. The van der Waals surface area contributed by atoms with Crippen molar-refractivity contribution in [2.24, 2.45) is 0 Å². The molecule has 1 N–H and O–H groups in total. The van der Waals surface area contributed by atoms with Crippen LogP contribution in [0.5, 0.6) is 5.75 Å². The number of benzene rings is 1. The average Bonchev–Trinajstić information content (AvgIpc) is 2.44.